The molecule has 25 heavy (non-hydrogen) atoms. The summed E-state index contributed by atoms with van der Waals surface area (Å²) in [6.07, 6.45) is 0. The van der Waals surface area contributed by atoms with Crippen LogP contribution in [-0.4, -0.2) is 15.1 Å². The third-order valence-corrected chi connectivity index (χ3v) is 4.07. The zero-order valence-electron chi connectivity index (χ0n) is 13.0. The number of aromatic hydroxyl groups is 1. The normalized spacial score (nSPS) is 11.4. The molecule has 120 valence electrons. The summed E-state index contributed by atoms with van der Waals surface area (Å²) in [5.41, 5.74) is 3.91. The van der Waals surface area contributed by atoms with Gasteiger partial charge in [-0.25, -0.2) is 9.97 Å². The molecule has 0 spiro atoms. The van der Waals surface area contributed by atoms with E-state index in [0.717, 1.165) is 11.0 Å². The fraction of sp³-hybridized carbons (Fsp3) is 0. The summed E-state index contributed by atoms with van der Waals surface area (Å²) in [4.78, 5) is 9.00. The van der Waals surface area contributed by atoms with Gasteiger partial charge in [-0.3, -0.25) is 0 Å². The quantitative estimate of drug-likeness (QED) is 0.493. The Morgan fingerprint density at radius 2 is 1.24 bits per heavy atom. The van der Waals surface area contributed by atoms with Gasteiger partial charge in [-0.15, -0.1) is 0 Å². The number of nitrogens with zero attached hydrogens (tertiary/aromatic N) is 2. The molecular weight excluding hydrogens is 316 g/mol. The molecule has 0 aliphatic carbocycles. The van der Waals surface area contributed by atoms with Crippen LogP contribution in [0, 0.1) is 0 Å². The Balaban J connectivity index is 1.77. The summed E-state index contributed by atoms with van der Waals surface area (Å²) >= 11 is 0. The SMILES string of the molecule is Oc1cccc(-c2nc3ccccc3o2)c1-c1nc2ccccc2o1. The smallest absolute Gasteiger partial charge is 0.231 e. The van der Waals surface area contributed by atoms with Gasteiger partial charge in [0.05, 0.1) is 11.1 Å². The van der Waals surface area contributed by atoms with E-state index in [1.54, 1.807) is 12.1 Å². The molecule has 0 amide bonds. The van der Waals surface area contributed by atoms with Crippen LogP contribution >= 0.6 is 0 Å². The first-order valence-electron chi connectivity index (χ1n) is 7.83. The number of fused-ring (bicyclic) bond motifs is 2. The van der Waals surface area contributed by atoms with Gasteiger partial charge < -0.3 is 13.9 Å². The van der Waals surface area contributed by atoms with Gasteiger partial charge in [-0.1, -0.05) is 30.3 Å². The number of aromatic nitrogens is 2. The van der Waals surface area contributed by atoms with Crippen LogP contribution in [0.25, 0.3) is 45.1 Å². The topological polar surface area (TPSA) is 72.3 Å². The maximum atomic E-state index is 10.4. The van der Waals surface area contributed by atoms with Crippen molar-refractivity contribution in [2.45, 2.75) is 0 Å². The lowest BCUT2D eigenvalue weighted by molar-refractivity contribution is 0.474. The van der Waals surface area contributed by atoms with Crippen molar-refractivity contribution in [1.82, 2.24) is 9.97 Å². The van der Waals surface area contributed by atoms with Crippen molar-refractivity contribution in [1.29, 1.82) is 0 Å². The second-order valence-corrected chi connectivity index (χ2v) is 5.67. The summed E-state index contributed by atoms with van der Waals surface area (Å²) in [5.74, 6) is 0.803. The van der Waals surface area contributed by atoms with Crippen LogP contribution in [0.15, 0.2) is 75.6 Å². The molecule has 0 unspecified atom stereocenters. The molecular formula is C20H12N2O3. The highest BCUT2D eigenvalue weighted by Gasteiger charge is 2.21. The number of hydrogen-bond acceptors (Lipinski definition) is 5. The zero-order valence-corrected chi connectivity index (χ0v) is 13.0. The lowest BCUT2D eigenvalue weighted by Crippen LogP contribution is -1.86. The lowest BCUT2D eigenvalue weighted by Gasteiger charge is -2.05. The van der Waals surface area contributed by atoms with Gasteiger partial charge in [-0.2, -0.15) is 0 Å². The first kappa shape index (κ1) is 13.8. The summed E-state index contributed by atoms with van der Waals surface area (Å²) in [7, 11) is 0. The maximum Gasteiger partial charge on any atom is 0.231 e. The Hall–Kier alpha value is -3.60. The van der Waals surface area contributed by atoms with Crippen molar-refractivity contribution < 1.29 is 13.9 Å². The molecule has 5 aromatic rings. The maximum absolute atomic E-state index is 10.4. The number of oxazole rings is 2. The summed E-state index contributed by atoms with van der Waals surface area (Å²) < 4.78 is 11.7. The molecule has 0 aliphatic heterocycles. The summed E-state index contributed by atoms with van der Waals surface area (Å²) in [6.45, 7) is 0. The molecule has 5 rings (SSSR count). The third-order valence-electron chi connectivity index (χ3n) is 4.07. The average Bonchev–Trinajstić information content (AvgIpc) is 3.25. The largest absolute Gasteiger partial charge is 0.507 e. The molecule has 0 saturated carbocycles. The molecule has 1 N–H and O–H groups in total. The lowest BCUT2D eigenvalue weighted by atomic mass is 10.1. The highest BCUT2D eigenvalue weighted by molar-refractivity contribution is 5.86. The molecule has 2 heterocycles. The van der Waals surface area contributed by atoms with E-state index in [1.165, 1.54) is 0 Å². The van der Waals surface area contributed by atoms with Crippen molar-refractivity contribution in [3.05, 3.63) is 66.7 Å². The Labute approximate surface area is 142 Å². The van der Waals surface area contributed by atoms with Crippen molar-refractivity contribution in [3.63, 3.8) is 0 Å². The minimum atomic E-state index is 0.0614. The fourth-order valence-electron chi connectivity index (χ4n) is 2.91. The van der Waals surface area contributed by atoms with Gasteiger partial charge in [0, 0.05) is 0 Å². The van der Waals surface area contributed by atoms with Gasteiger partial charge in [0.1, 0.15) is 16.8 Å². The van der Waals surface area contributed by atoms with E-state index in [0.29, 0.717) is 34.1 Å². The van der Waals surface area contributed by atoms with E-state index in [2.05, 4.69) is 9.97 Å². The van der Waals surface area contributed by atoms with Crippen LogP contribution in [-0.2, 0) is 0 Å². The molecule has 0 aliphatic rings. The molecule has 5 nitrogen and oxygen atoms in total. The molecule has 0 fully saturated rings. The first-order valence-corrected chi connectivity index (χ1v) is 7.83. The highest BCUT2D eigenvalue weighted by Crippen LogP contribution is 2.39. The predicted octanol–water partition coefficient (Wildman–Crippen LogP) is 5.01. The Kier molecular flexibility index (Phi) is 2.87. The van der Waals surface area contributed by atoms with Gasteiger partial charge in [-0.05, 0) is 36.4 Å². The molecule has 5 heteroatoms. The van der Waals surface area contributed by atoms with Gasteiger partial charge >= 0.3 is 0 Å². The van der Waals surface area contributed by atoms with E-state index >= 15 is 0 Å². The van der Waals surface area contributed by atoms with Crippen molar-refractivity contribution in [2.75, 3.05) is 0 Å². The van der Waals surface area contributed by atoms with Crippen LogP contribution in [0.5, 0.6) is 5.75 Å². The van der Waals surface area contributed by atoms with Gasteiger partial charge in [0.15, 0.2) is 11.2 Å². The minimum absolute atomic E-state index is 0.0614. The molecule has 3 aromatic carbocycles. The second-order valence-electron chi connectivity index (χ2n) is 5.67. The van der Waals surface area contributed by atoms with E-state index in [-0.39, 0.29) is 5.75 Å². The van der Waals surface area contributed by atoms with Crippen molar-refractivity contribution in [3.8, 4) is 28.7 Å². The molecule has 0 atom stereocenters. The summed E-state index contributed by atoms with van der Waals surface area (Å²) in [5, 5.41) is 10.4. The number of para-hydroxylation sites is 4. The average molecular weight is 328 g/mol. The van der Waals surface area contributed by atoms with E-state index in [9.17, 15) is 5.11 Å². The van der Waals surface area contributed by atoms with Crippen molar-refractivity contribution in [2.24, 2.45) is 0 Å². The first-order chi connectivity index (χ1) is 12.3. The number of benzene rings is 3. The predicted molar refractivity (Wildman–Crippen MR) is 94.1 cm³/mol. The standard InChI is InChI=1S/C20H12N2O3/c23-15-9-5-6-12(19-21-13-7-1-3-10-16(13)24-19)18(15)20-22-14-8-2-4-11-17(14)25-20/h1-11,23H. The van der Waals surface area contributed by atoms with Crippen molar-refractivity contribution >= 4 is 22.2 Å². The number of hydrogen-bond donors (Lipinski definition) is 1. The van der Waals surface area contributed by atoms with Crippen LogP contribution in [0.3, 0.4) is 0 Å². The zero-order chi connectivity index (χ0) is 16.8. The van der Waals surface area contributed by atoms with Crippen LogP contribution in [0.1, 0.15) is 0 Å². The second kappa shape index (κ2) is 5.21. The minimum Gasteiger partial charge on any atom is -0.507 e. The Morgan fingerprint density at radius 3 is 1.92 bits per heavy atom. The molecule has 0 radical (unpaired) electrons. The van der Waals surface area contributed by atoms with E-state index in [1.807, 2.05) is 54.6 Å². The van der Waals surface area contributed by atoms with E-state index in [4.69, 9.17) is 8.83 Å². The molecule has 2 aromatic heterocycles. The van der Waals surface area contributed by atoms with Crippen LogP contribution in [0.4, 0.5) is 0 Å². The Morgan fingerprint density at radius 1 is 0.640 bits per heavy atom. The monoisotopic (exact) mass is 328 g/mol. The van der Waals surface area contributed by atoms with Crippen LogP contribution < -0.4 is 0 Å². The summed E-state index contributed by atoms with van der Waals surface area (Å²) in [6, 6.07) is 20.2. The van der Waals surface area contributed by atoms with Crippen LogP contribution in [0.2, 0.25) is 0 Å². The third kappa shape index (κ3) is 2.17. The number of rotatable bonds is 2. The molecule has 0 saturated heterocycles. The number of phenols is 1. The van der Waals surface area contributed by atoms with Gasteiger partial charge in [0.25, 0.3) is 0 Å². The highest BCUT2D eigenvalue weighted by atomic mass is 16.4. The number of phenolic OH excluding ortho intramolecular Hbond substituents is 1. The Bertz CT molecular complexity index is 1150. The molecule has 0 bridgehead atoms. The van der Waals surface area contributed by atoms with E-state index < -0.39 is 0 Å². The van der Waals surface area contributed by atoms with Gasteiger partial charge in [0.2, 0.25) is 11.8 Å². The fourth-order valence-corrected chi connectivity index (χ4v) is 2.91.